The van der Waals surface area contributed by atoms with E-state index in [1.807, 2.05) is 6.92 Å². The zero-order valence-corrected chi connectivity index (χ0v) is 12.1. The van der Waals surface area contributed by atoms with Crippen LogP contribution in [0, 0.1) is 0 Å². The molecule has 0 aliphatic carbocycles. The Balaban J connectivity index is 2.31. The van der Waals surface area contributed by atoms with Gasteiger partial charge >= 0.3 is 0 Å². The van der Waals surface area contributed by atoms with Crippen LogP contribution in [-0.4, -0.2) is 58.7 Å². The predicted octanol–water partition coefficient (Wildman–Crippen LogP) is -0.0688. The second kappa shape index (κ2) is 8.06. The molecule has 0 spiro atoms. The first-order chi connectivity index (χ1) is 8.56. The Labute approximate surface area is 110 Å². The van der Waals surface area contributed by atoms with E-state index in [1.165, 1.54) is 4.31 Å². The Morgan fingerprint density at radius 1 is 1.33 bits per heavy atom. The summed E-state index contributed by atoms with van der Waals surface area (Å²) in [4.78, 5) is 0. The number of nitrogens with zero attached hydrogens (tertiary/aromatic N) is 1. The van der Waals surface area contributed by atoms with Crippen LogP contribution in [0.15, 0.2) is 0 Å². The fourth-order valence-electron chi connectivity index (χ4n) is 1.84. The summed E-state index contributed by atoms with van der Waals surface area (Å²) in [5, 5.41) is 3.18. The average Bonchev–Trinajstić information content (AvgIpc) is 2.35. The van der Waals surface area contributed by atoms with Gasteiger partial charge in [-0.3, -0.25) is 0 Å². The molecule has 0 unspecified atom stereocenters. The fourth-order valence-corrected chi connectivity index (χ4v) is 3.05. The van der Waals surface area contributed by atoms with Gasteiger partial charge in [-0.15, -0.1) is 0 Å². The number of nitrogens with one attached hydrogen (secondary N) is 2. The Hall–Kier alpha value is -0.210. The standard InChI is InChI=1S/C11H25N3O3S/c1-3-12-7-4-8-14(2)18(15,16)13-11-5-9-17-10-6-11/h11-13H,3-10H2,1-2H3. The molecule has 0 bridgehead atoms. The maximum Gasteiger partial charge on any atom is 0.279 e. The van der Waals surface area contributed by atoms with Crippen LogP contribution in [0.2, 0.25) is 0 Å². The van der Waals surface area contributed by atoms with Gasteiger partial charge < -0.3 is 10.1 Å². The molecule has 0 aromatic rings. The summed E-state index contributed by atoms with van der Waals surface area (Å²) in [5.41, 5.74) is 0. The van der Waals surface area contributed by atoms with Crippen LogP contribution in [0.1, 0.15) is 26.2 Å². The molecule has 2 N–H and O–H groups in total. The Kier molecular flexibility index (Phi) is 7.10. The minimum atomic E-state index is -3.35. The molecule has 1 saturated heterocycles. The fraction of sp³-hybridized carbons (Fsp3) is 1.00. The third kappa shape index (κ3) is 5.62. The molecular weight excluding hydrogens is 254 g/mol. The highest BCUT2D eigenvalue weighted by Gasteiger charge is 2.23. The quantitative estimate of drug-likeness (QED) is 0.610. The van der Waals surface area contributed by atoms with E-state index in [0.717, 1.165) is 32.4 Å². The van der Waals surface area contributed by atoms with Gasteiger partial charge in [0.1, 0.15) is 0 Å². The van der Waals surface area contributed by atoms with Crippen LogP contribution >= 0.6 is 0 Å². The molecular formula is C11H25N3O3S. The van der Waals surface area contributed by atoms with E-state index >= 15 is 0 Å². The highest BCUT2D eigenvalue weighted by Crippen LogP contribution is 2.08. The first-order valence-electron chi connectivity index (χ1n) is 6.58. The first-order valence-corrected chi connectivity index (χ1v) is 8.02. The van der Waals surface area contributed by atoms with Crippen molar-refractivity contribution in [1.29, 1.82) is 0 Å². The maximum absolute atomic E-state index is 12.0. The lowest BCUT2D eigenvalue weighted by atomic mass is 10.1. The summed E-state index contributed by atoms with van der Waals surface area (Å²) >= 11 is 0. The third-order valence-electron chi connectivity index (χ3n) is 3.02. The summed E-state index contributed by atoms with van der Waals surface area (Å²) in [6.07, 6.45) is 2.33. The number of rotatable bonds is 8. The lowest BCUT2D eigenvalue weighted by Gasteiger charge is -2.26. The van der Waals surface area contributed by atoms with Crippen molar-refractivity contribution in [2.24, 2.45) is 0 Å². The summed E-state index contributed by atoms with van der Waals surface area (Å²) in [5.74, 6) is 0. The topological polar surface area (TPSA) is 70.7 Å². The lowest BCUT2D eigenvalue weighted by Crippen LogP contribution is -2.46. The summed E-state index contributed by atoms with van der Waals surface area (Å²) in [6.45, 7) is 5.60. The zero-order chi connectivity index (χ0) is 13.4. The Bertz CT molecular complexity index is 315. The van der Waals surface area contributed by atoms with Crippen LogP contribution in [0.3, 0.4) is 0 Å². The van der Waals surface area contributed by atoms with Gasteiger partial charge in [0.15, 0.2) is 0 Å². The molecule has 0 aromatic carbocycles. The van der Waals surface area contributed by atoms with Gasteiger partial charge in [-0.2, -0.15) is 17.4 Å². The van der Waals surface area contributed by atoms with Gasteiger partial charge in [-0.05, 0) is 32.4 Å². The van der Waals surface area contributed by atoms with Crippen LogP contribution in [-0.2, 0) is 14.9 Å². The van der Waals surface area contributed by atoms with Gasteiger partial charge in [-0.25, -0.2) is 0 Å². The molecule has 1 heterocycles. The van der Waals surface area contributed by atoms with Gasteiger partial charge in [0.2, 0.25) is 0 Å². The van der Waals surface area contributed by atoms with E-state index in [0.29, 0.717) is 19.8 Å². The molecule has 18 heavy (non-hydrogen) atoms. The van der Waals surface area contributed by atoms with Crippen molar-refractivity contribution in [3.8, 4) is 0 Å². The molecule has 1 rings (SSSR count). The summed E-state index contributed by atoms with van der Waals surface area (Å²) in [6, 6.07) is 0.0139. The van der Waals surface area contributed by atoms with E-state index in [1.54, 1.807) is 7.05 Å². The molecule has 1 aliphatic heterocycles. The first kappa shape index (κ1) is 15.8. The van der Waals surface area contributed by atoms with Gasteiger partial charge in [0.25, 0.3) is 10.2 Å². The second-order valence-electron chi connectivity index (χ2n) is 4.54. The van der Waals surface area contributed by atoms with E-state index in [4.69, 9.17) is 4.74 Å². The Morgan fingerprint density at radius 2 is 2.00 bits per heavy atom. The highest BCUT2D eigenvalue weighted by atomic mass is 32.2. The second-order valence-corrected chi connectivity index (χ2v) is 6.35. The molecule has 0 aromatic heterocycles. The van der Waals surface area contributed by atoms with Crippen molar-refractivity contribution in [3.05, 3.63) is 0 Å². The van der Waals surface area contributed by atoms with Crippen molar-refractivity contribution in [2.75, 3.05) is 39.9 Å². The van der Waals surface area contributed by atoms with Crippen LogP contribution in [0.25, 0.3) is 0 Å². The molecule has 6 nitrogen and oxygen atoms in total. The molecule has 1 fully saturated rings. The zero-order valence-electron chi connectivity index (χ0n) is 11.3. The monoisotopic (exact) mass is 279 g/mol. The summed E-state index contributed by atoms with van der Waals surface area (Å²) in [7, 11) is -1.73. The molecule has 0 atom stereocenters. The predicted molar refractivity (Wildman–Crippen MR) is 71.7 cm³/mol. The van der Waals surface area contributed by atoms with Crippen molar-refractivity contribution >= 4 is 10.2 Å². The van der Waals surface area contributed by atoms with E-state index in [9.17, 15) is 8.42 Å². The lowest BCUT2D eigenvalue weighted by molar-refractivity contribution is 0.0828. The maximum atomic E-state index is 12.0. The van der Waals surface area contributed by atoms with Crippen LogP contribution < -0.4 is 10.0 Å². The number of ether oxygens (including phenoxy) is 1. The van der Waals surface area contributed by atoms with Crippen molar-refractivity contribution < 1.29 is 13.2 Å². The third-order valence-corrected chi connectivity index (χ3v) is 4.66. The van der Waals surface area contributed by atoms with Crippen molar-refractivity contribution in [2.45, 2.75) is 32.2 Å². The highest BCUT2D eigenvalue weighted by molar-refractivity contribution is 7.87. The minimum Gasteiger partial charge on any atom is -0.381 e. The SMILES string of the molecule is CCNCCCN(C)S(=O)(=O)NC1CCOCC1. The van der Waals surface area contributed by atoms with Gasteiger partial charge in [0, 0.05) is 32.8 Å². The number of hydrogen-bond donors (Lipinski definition) is 2. The number of hydrogen-bond acceptors (Lipinski definition) is 4. The van der Waals surface area contributed by atoms with E-state index in [-0.39, 0.29) is 6.04 Å². The molecule has 0 saturated carbocycles. The van der Waals surface area contributed by atoms with Gasteiger partial charge in [-0.1, -0.05) is 6.92 Å². The largest absolute Gasteiger partial charge is 0.381 e. The van der Waals surface area contributed by atoms with Crippen molar-refractivity contribution in [3.63, 3.8) is 0 Å². The van der Waals surface area contributed by atoms with Crippen LogP contribution in [0.5, 0.6) is 0 Å². The van der Waals surface area contributed by atoms with Crippen molar-refractivity contribution in [1.82, 2.24) is 14.3 Å². The summed E-state index contributed by atoms with van der Waals surface area (Å²) < 4.78 is 33.4. The Morgan fingerprint density at radius 3 is 2.61 bits per heavy atom. The normalized spacial score (nSPS) is 18.4. The van der Waals surface area contributed by atoms with E-state index < -0.39 is 10.2 Å². The van der Waals surface area contributed by atoms with Gasteiger partial charge in [0.05, 0.1) is 0 Å². The molecule has 7 heteroatoms. The molecule has 0 radical (unpaired) electrons. The average molecular weight is 279 g/mol. The van der Waals surface area contributed by atoms with Crippen LogP contribution in [0.4, 0.5) is 0 Å². The molecule has 108 valence electrons. The molecule has 0 amide bonds. The molecule has 1 aliphatic rings. The van der Waals surface area contributed by atoms with E-state index in [2.05, 4.69) is 10.0 Å². The smallest absolute Gasteiger partial charge is 0.279 e. The minimum absolute atomic E-state index is 0.0139.